The Bertz CT molecular complexity index is 123. The van der Waals surface area contributed by atoms with E-state index in [0.717, 1.165) is 12.5 Å². The fourth-order valence-corrected chi connectivity index (χ4v) is 1.57. The fourth-order valence-electron chi connectivity index (χ4n) is 1.57. The summed E-state index contributed by atoms with van der Waals surface area (Å²) in [5, 5.41) is 3.51. The van der Waals surface area contributed by atoms with Gasteiger partial charge in [0.15, 0.2) is 0 Å². The smallest absolute Gasteiger partial charge is 0.0192 e. The second-order valence-electron chi connectivity index (χ2n) is 4.61. The molecule has 0 fully saturated rings. The van der Waals surface area contributed by atoms with Crippen molar-refractivity contribution in [2.24, 2.45) is 5.92 Å². The lowest BCUT2D eigenvalue weighted by Crippen LogP contribution is -2.39. The molecule has 2 nitrogen and oxygen atoms in total. The van der Waals surface area contributed by atoms with E-state index in [2.05, 4.69) is 45.0 Å². The van der Waals surface area contributed by atoms with E-state index in [-0.39, 0.29) is 0 Å². The summed E-state index contributed by atoms with van der Waals surface area (Å²) in [5.74, 6) is 0.816. The molecule has 0 amide bonds. The minimum Gasteiger partial charge on any atom is -0.313 e. The molecule has 0 aromatic carbocycles. The number of hydrogen-bond donors (Lipinski definition) is 1. The highest BCUT2D eigenvalue weighted by Gasteiger charge is 2.08. The zero-order chi connectivity index (χ0) is 11.0. The molecule has 0 aliphatic heterocycles. The Balaban J connectivity index is 3.61. The maximum atomic E-state index is 3.51. The van der Waals surface area contributed by atoms with E-state index >= 15 is 0 Å². The SMILES string of the molecule is CCNC(CC)CN(C)CCC(C)C. The van der Waals surface area contributed by atoms with Gasteiger partial charge in [-0.1, -0.05) is 27.7 Å². The van der Waals surface area contributed by atoms with Crippen LogP contribution in [0.5, 0.6) is 0 Å². The molecule has 0 rings (SSSR count). The molecule has 0 saturated heterocycles. The van der Waals surface area contributed by atoms with Crippen LogP contribution >= 0.6 is 0 Å². The van der Waals surface area contributed by atoms with Gasteiger partial charge in [-0.05, 0) is 38.9 Å². The number of likely N-dealkylation sites (N-methyl/N-ethyl adjacent to an activating group) is 2. The first-order valence-electron chi connectivity index (χ1n) is 6.02. The van der Waals surface area contributed by atoms with Crippen molar-refractivity contribution in [1.29, 1.82) is 0 Å². The van der Waals surface area contributed by atoms with E-state index in [1.807, 2.05) is 0 Å². The summed E-state index contributed by atoms with van der Waals surface area (Å²) < 4.78 is 0. The van der Waals surface area contributed by atoms with Crippen molar-refractivity contribution < 1.29 is 0 Å². The van der Waals surface area contributed by atoms with Gasteiger partial charge in [-0.2, -0.15) is 0 Å². The van der Waals surface area contributed by atoms with Gasteiger partial charge in [0.2, 0.25) is 0 Å². The lowest BCUT2D eigenvalue weighted by Gasteiger charge is -2.24. The topological polar surface area (TPSA) is 15.3 Å². The van der Waals surface area contributed by atoms with E-state index in [9.17, 15) is 0 Å². The van der Waals surface area contributed by atoms with Crippen LogP contribution in [0.4, 0.5) is 0 Å². The molecule has 86 valence electrons. The first-order chi connectivity index (χ1) is 6.60. The van der Waals surface area contributed by atoms with Gasteiger partial charge in [0.1, 0.15) is 0 Å². The Kier molecular flexibility index (Phi) is 8.20. The number of hydrogen-bond acceptors (Lipinski definition) is 2. The molecule has 1 N–H and O–H groups in total. The largest absolute Gasteiger partial charge is 0.313 e. The summed E-state index contributed by atoms with van der Waals surface area (Å²) in [6, 6.07) is 0.664. The van der Waals surface area contributed by atoms with Gasteiger partial charge in [-0.25, -0.2) is 0 Å². The van der Waals surface area contributed by atoms with Crippen LogP contribution in [-0.4, -0.2) is 37.6 Å². The van der Waals surface area contributed by atoms with Crippen LogP contribution in [0.2, 0.25) is 0 Å². The van der Waals surface area contributed by atoms with Crippen molar-refractivity contribution in [3.63, 3.8) is 0 Å². The van der Waals surface area contributed by atoms with Crippen LogP contribution in [-0.2, 0) is 0 Å². The quantitative estimate of drug-likeness (QED) is 0.647. The molecule has 0 spiro atoms. The first-order valence-corrected chi connectivity index (χ1v) is 6.02. The molecule has 0 saturated carbocycles. The Morgan fingerprint density at radius 2 is 1.86 bits per heavy atom. The zero-order valence-electron chi connectivity index (χ0n) is 10.6. The summed E-state index contributed by atoms with van der Waals surface area (Å²) in [6.07, 6.45) is 2.53. The van der Waals surface area contributed by atoms with Crippen LogP contribution in [0.25, 0.3) is 0 Å². The molecule has 14 heavy (non-hydrogen) atoms. The molecule has 1 atom stereocenters. The zero-order valence-corrected chi connectivity index (χ0v) is 10.6. The molecule has 0 bridgehead atoms. The van der Waals surface area contributed by atoms with Gasteiger partial charge < -0.3 is 10.2 Å². The van der Waals surface area contributed by atoms with E-state index in [1.165, 1.54) is 25.9 Å². The normalized spacial score (nSPS) is 13.9. The summed E-state index contributed by atoms with van der Waals surface area (Å²) in [6.45, 7) is 12.5. The van der Waals surface area contributed by atoms with Gasteiger partial charge in [0.25, 0.3) is 0 Å². The van der Waals surface area contributed by atoms with Crippen LogP contribution in [0.15, 0.2) is 0 Å². The Hall–Kier alpha value is -0.0800. The van der Waals surface area contributed by atoms with Gasteiger partial charge in [0, 0.05) is 12.6 Å². The predicted molar refractivity (Wildman–Crippen MR) is 64.7 cm³/mol. The molecular weight excluding hydrogens is 172 g/mol. The minimum atomic E-state index is 0.664. The second-order valence-corrected chi connectivity index (χ2v) is 4.61. The van der Waals surface area contributed by atoms with Crippen molar-refractivity contribution in [2.75, 3.05) is 26.7 Å². The third-order valence-electron chi connectivity index (χ3n) is 2.61. The summed E-state index contributed by atoms with van der Waals surface area (Å²) >= 11 is 0. The highest BCUT2D eigenvalue weighted by Crippen LogP contribution is 2.02. The monoisotopic (exact) mass is 200 g/mol. The van der Waals surface area contributed by atoms with Gasteiger partial charge in [-0.15, -0.1) is 0 Å². The molecule has 0 aliphatic rings. The number of nitrogens with zero attached hydrogens (tertiary/aromatic N) is 1. The fraction of sp³-hybridized carbons (Fsp3) is 1.00. The Morgan fingerprint density at radius 3 is 2.29 bits per heavy atom. The van der Waals surface area contributed by atoms with Crippen molar-refractivity contribution in [1.82, 2.24) is 10.2 Å². The van der Waals surface area contributed by atoms with Crippen LogP contribution < -0.4 is 5.32 Å². The van der Waals surface area contributed by atoms with E-state index in [4.69, 9.17) is 0 Å². The van der Waals surface area contributed by atoms with Crippen LogP contribution in [0, 0.1) is 5.92 Å². The third-order valence-corrected chi connectivity index (χ3v) is 2.61. The molecule has 2 heteroatoms. The maximum absolute atomic E-state index is 3.51. The molecule has 0 aliphatic carbocycles. The highest BCUT2D eigenvalue weighted by atomic mass is 15.1. The van der Waals surface area contributed by atoms with Crippen LogP contribution in [0.3, 0.4) is 0 Å². The molecule has 0 radical (unpaired) electrons. The average molecular weight is 200 g/mol. The van der Waals surface area contributed by atoms with Crippen molar-refractivity contribution in [3.05, 3.63) is 0 Å². The standard InChI is InChI=1S/C12H28N2/c1-6-12(13-7-2)10-14(5)9-8-11(3)4/h11-13H,6-10H2,1-5H3. The lowest BCUT2D eigenvalue weighted by atomic mass is 10.1. The lowest BCUT2D eigenvalue weighted by molar-refractivity contribution is 0.271. The van der Waals surface area contributed by atoms with Gasteiger partial charge in [-0.3, -0.25) is 0 Å². The molecule has 0 aromatic rings. The van der Waals surface area contributed by atoms with E-state index < -0.39 is 0 Å². The second kappa shape index (κ2) is 8.25. The minimum absolute atomic E-state index is 0.664. The Morgan fingerprint density at radius 1 is 1.21 bits per heavy atom. The molecule has 1 unspecified atom stereocenters. The van der Waals surface area contributed by atoms with Gasteiger partial charge >= 0.3 is 0 Å². The van der Waals surface area contributed by atoms with Crippen LogP contribution in [0.1, 0.15) is 40.5 Å². The first kappa shape index (κ1) is 13.9. The number of rotatable bonds is 8. The highest BCUT2D eigenvalue weighted by molar-refractivity contribution is 4.68. The summed E-state index contributed by atoms with van der Waals surface area (Å²) in [7, 11) is 2.22. The Labute approximate surface area is 90.1 Å². The predicted octanol–water partition coefficient (Wildman–Crippen LogP) is 2.35. The third kappa shape index (κ3) is 7.34. The van der Waals surface area contributed by atoms with Crippen molar-refractivity contribution >= 4 is 0 Å². The number of nitrogens with one attached hydrogen (secondary N) is 1. The van der Waals surface area contributed by atoms with Gasteiger partial charge in [0.05, 0.1) is 0 Å². The summed E-state index contributed by atoms with van der Waals surface area (Å²) in [5.41, 5.74) is 0. The molecular formula is C12H28N2. The average Bonchev–Trinajstić information content (AvgIpc) is 2.14. The van der Waals surface area contributed by atoms with E-state index in [0.29, 0.717) is 6.04 Å². The molecule has 0 heterocycles. The molecule has 0 aromatic heterocycles. The van der Waals surface area contributed by atoms with Crippen molar-refractivity contribution in [2.45, 2.75) is 46.6 Å². The van der Waals surface area contributed by atoms with E-state index in [1.54, 1.807) is 0 Å². The summed E-state index contributed by atoms with van der Waals surface area (Å²) in [4.78, 5) is 2.44. The van der Waals surface area contributed by atoms with Crippen molar-refractivity contribution in [3.8, 4) is 0 Å². The maximum Gasteiger partial charge on any atom is 0.0192 e.